The first-order chi connectivity index (χ1) is 10.6. The molecule has 2 atom stereocenters. The Bertz CT molecular complexity index is 602. The fourth-order valence-electron chi connectivity index (χ4n) is 3.28. The summed E-state index contributed by atoms with van der Waals surface area (Å²) in [4.78, 5) is 30.0. The van der Waals surface area contributed by atoms with Crippen LogP contribution in [-0.2, 0) is 9.59 Å². The third-order valence-electron chi connectivity index (χ3n) is 4.56. The summed E-state index contributed by atoms with van der Waals surface area (Å²) in [6.07, 6.45) is 1.88. The van der Waals surface area contributed by atoms with Crippen LogP contribution >= 0.6 is 0 Å². The van der Waals surface area contributed by atoms with E-state index in [-0.39, 0.29) is 24.3 Å². The number of aryl methyl sites for hydroxylation is 1. The van der Waals surface area contributed by atoms with E-state index in [1.165, 1.54) is 0 Å². The van der Waals surface area contributed by atoms with Gasteiger partial charge in [-0.1, -0.05) is 0 Å². The molecule has 118 valence electrons. The normalized spacial score (nSPS) is 25.5. The van der Waals surface area contributed by atoms with Gasteiger partial charge < -0.3 is 10.0 Å². The topological polar surface area (TPSA) is 82.5 Å². The van der Waals surface area contributed by atoms with Crippen molar-refractivity contribution in [1.29, 1.82) is 0 Å². The third-order valence-corrected chi connectivity index (χ3v) is 4.56. The maximum Gasteiger partial charge on any atom is 0.235 e. The molecular formula is C16H21N3O3. The number of aliphatic hydroxyl groups excluding tert-OH is 1. The first-order valence-electron chi connectivity index (χ1n) is 7.75. The SMILES string of the molecule is Cc1nc(C2CCC(=O)NC2=O)ccc1N1CC[C@@H](CO)C1. The number of piperidine rings is 1. The van der Waals surface area contributed by atoms with Crippen molar-refractivity contribution in [3.63, 3.8) is 0 Å². The van der Waals surface area contributed by atoms with Crippen molar-refractivity contribution in [2.45, 2.75) is 32.1 Å². The van der Waals surface area contributed by atoms with E-state index in [0.29, 0.717) is 18.8 Å². The minimum absolute atomic E-state index is 0.207. The molecule has 1 unspecified atom stereocenters. The molecule has 2 N–H and O–H groups in total. The van der Waals surface area contributed by atoms with Gasteiger partial charge in [0.05, 0.1) is 23.0 Å². The summed E-state index contributed by atoms with van der Waals surface area (Å²) in [5.74, 6) is -0.470. The molecule has 2 aliphatic rings. The third kappa shape index (κ3) is 2.83. The summed E-state index contributed by atoms with van der Waals surface area (Å²) < 4.78 is 0. The highest BCUT2D eigenvalue weighted by Crippen LogP contribution is 2.29. The number of anilines is 1. The van der Waals surface area contributed by atoms with Crippen LogP contribution in [-0.4, -0.2) is 41.6 Å². The lowest BCUT2D eigenvalue weighted by molar-refractivity contribution is -0.134. The number of carbonyl (C=O) groups is 2. The number of rotatable bonds is 3. The van der Waals surface area contributed by atoms with Gasteiger partial charge in [0.15, 0.2) is 0 Å². The van der Waals surface area contributed by atoms with Crippen LogP contribution in [0, 0.1) is 12.8 Å². The van der Waals surface area contributed by atoms with Crippen molar-refractivity contribution >= 4 is 17.5 Å². The van der Waals surface area contributed by atoms with Gasteiger partial charge in [0.2, 0.25) is 11.8 Å². The average Bonchev–Trinajstić information content (AvgIpc) is 2.96. The summed E-state index contributed by atoms with van der Waals surface area (Å²) in [6.45, 7) is 3.93. The fraction of sp³-hybridized carbons (Fsp3) is 0.562. The molecule has 1 aromatic heterocycles. The van der Waals surface area contributed by atoms with Crippen LogP contribution < -0.4 is 10.2 Å². The molecule has 3 rings (SSSR count). The second kappa shape index (κ2) is 6.04. The minimum atomic E-state index is -0.339. The van der Waals surface area contributed by atoms with E-state index >= 15 is 0 Å². The molecule has 0 spiro atoms. The van der Waals surface area contributed by atoms with Crippen molar-refractivity contribution in [3.05, 3.63) is 23.5 Å². The summed E-state index contributed by atoms with van der Waals surface area (Å²) in [7, 11) is 0. The maximum absolute atomic E-state index is 11.9. The van der Waals surface area contributed by atoms with Crippen molar-refractivity contribution in [3.8, 4) is 0 Å². The molecule has 2 aliphatic heterocycles. The lowest BCUT2D eigenvalue weighted by Crippen LogP contribution is -2.39. The summed E-state index contributed by atoms with van der Waals surface area (Å²) >= 11 is 0. The molecular weight excluding hydrogens is 282 g/mol. The molecule has 2 saturated heterocycles. The zero-order chi connectivity index (χ0) is 15.7. The number of imide groups is 1. The van der Waals surface area contributed by atoms with Crippen LogP contribution in [0.5, 0.6) is 0 Å². The lowest BCUT2D eigenvalue weighted by atomic mass is 9.94. The van der Waals surface area contributed by atoms with Crippen LogP contribution in [0.15, 0.2) is 12.1 Å². The van der Waals surface area contributed by atoms with E-state index in [1.54, 1.807) is 0 Å². The number of amides is 2. The molecule has 0 aliphatic carbocycles. The van der Waals surface area contributed by atoms with Crippen molar-refractivity contribution in [2.24, 2.45) is 5.92 Å². The van der Waals surface area contributed by atoms with Gasteiger partial charge in [-0.2, -0.15) is 0 Å². The Kier molecular flexibility index (Phi) is 4.11. The lowest BCUT2D eigenvalue weighted by Gasteiger charge is -2.24. The largest absolute Gasteiger partial charge is 0.396 e. The zero-order valence-electron chi connectivity index (χ0n) is 12.7. The molecule has 0 saturated carbocycles. The quantitative estimate of drug-likeness (QED) is 0.804. The zero-order valence-corrected chi connectivity index (χ0v) is 12.7. The summed E-state index contributed by atoms with van der Waals surface area (Å²) in [5.41, 5.74) is 2.68. The molecule has 3 heterocycles. The van der Waals surface area contributed by atoms with E-state index < -0.39 is 0 Å². The Morgan fingerprint density at radius 3 is 2.82 bits per heavy atom. The minimum Gasteiger partial charge on any atom is -0.396 e. The van der Waals surface area contributed by atoms with E-state index in [1.807, 2.05) is 19.1 Å². The van der Waals surface area contributed by atoms with Gasteiger partial charge in [0.1, 0.15) is 0 Å². The molecule has 0 aromatic carbocycles. The van der Waals surface area contributed by atoms with Gasteiger partial charge in [-0.05, 0) is 31.9 Å². The summed E-state index contributed by atoms with van der Waals surface area (Å²) in [6, 6.07) is 3.88. The van der Waals surface area contributed by atoms with Gasteiger partial charge >= 0.3 is 0 Å². The smallest absolute Gasteiger partial charge is 0.235 e. The predicted octanol–water partition coefficient (Wildman–Crippen LogP) is 0.729. The Morgan fingerprint density at radius 1 is 1.36 bits per heavy atom. The van der Waals surface area contributed by atoms with Crippen molar-refractivity contribution < 1.29 is 14.7 Å². The molecule has 6 heteroatoms. The number of nitrogens with one attached hydrogen (secondary N) is 1. The second-order valence-electron chi connectivity index (χ2n) is 6.13. The van der Waals surface area contributed by atoms with Gasteiger partial charge in [0.25, 0.3) is 0 Å². The Balaban J connectivity index is 1.78. The number of aromatic nitrogens is 1. The maximum atomic E-state index is 11.9. The monoisotopic (exact) mass is 303 g/mol. The number of hydrogen-bond acceptors (Lipinski definition) is 5. The molecule has 0 radical (unpaired) electrons. The predicted molar refractivity (Wildman–Crippen MR) is 81.5 cm³/mol. The van der Waals surface area contributed by atoms with Crippen LogP contribution in [0.3, 0.4) is 0 Å². The number of aliphatic hydroxyl groups is 1. The van der Waals surface area contributed by atoms with E-state index in [2.05, 4.69) is 15.2 Å². The first-order valence-corrected chi connectivity index (χ1v) is 7.75. The molecule has 6 nitrogen and oxygen atoms in total. The fourth-order valence-corrected chi connectivity index (χ4v) is 3.28. The average molecular weight is 303 g/mol. The molecule has 2 amide bonds. The van der Waals surface area contributed by atoms with Gasteiger partial charge in [-0.25, -0.2) is 0 Å². The van der Waals surface area contributed by atoms with Gasteiger partial charge in [-0.15, -0.1) is 0 Å². The highest BCUT2D eigenvalue weighted by Gasteiger charge is 2.30. The van der Waals surface area contributed by atoms with Crippen molar-refractivity contribution in [1.82, 2.24) is 10.3 Å². The van der Waals surface area contributed by atoms with Gasteiger partial charge in [0, 0.05) is 32.0 Å². The second-order valence-corrected chi connectivity index (χ2v) is 6.13. The molecule has 1 aromatic rings. The Labute approximate surface area is 129 Å². The van der Waals surface area contributed by atoms with Crippen LogP contribution in [0.1, 0.15) is 36.6 Å². The van der Waals surface area contributed by atoms with E-state index in [0.717, 1.165) is 36.6 Å². The Morgan fingerprint density at radius 2 is 2.18 bits per heavy atom. The highest BCUT2D eigenvalue weighted by atomic mass is 16.3. The van der Waals surface area contributed by atoms with E-state index in [4.69, 9.17) is 0 Å². The molecule has 0 bridgehead atoms. The van der Waals surface area contributed by atoms with Crippen LogP contribution in [0.25, 0.3) is 0 Å². The Hall–Kier alpha value is -1.95. The first kappa shape index (κ1) is 15.0. The molecule has 2 fully saturated rings. The standard InChI is InChI=1S/C16H21N3O3/c1-10-14(19-7-6-11(8-19)9-20)4-3-13(17-10)12-2-5-15(21)18-16(12)22/h3-4,11-12,20H,2,5-9H2,1H3,(H,18,21,22)/t11-,12?/m1/s1. The van der Waals surface area contributed by atoms with Crippen LogP contribution in [0.2, 0.25) is 0 Å². The highest BCUT2D eigenvalue weighted by molar-refractivity contribution is 6.00. The van der Waals surface area contributed by atoms with Gasteiger partial charge in [-0.3, -0.25) is 19.9 Å². The number of nitrogens with zero attached hydrogens (tertiary/aromatic N) is 2. The number of hydrogen-bond donors (Lipinski definition) is 2. The van der Waals surface area contributed by atoms with Crippen molar-refractivity contribution in [2.75, 3.05) is 24.6 Å². The van der Waals surface area contributed by atoms with Crippen LogP contribution in [0.4, 0.5) is 5.69 Å². The number of carbonyl (C=O) groups excluding carboxylic acids is 2. The summed E-state index contributed by atoms with van der Waals surface area (Å²) in [5, 5.41) is 11.6. The van der Waals surface area contributed by atoms with E-state index in [9.17, 15) is 14.7 Å². The number of pyridine rings is 1. The molecule has 22 heavy (non-hydrogen) atoms.